The maximum absolute atomic E-state index is 12.8. The van der Waals surface area contributed by atoms with Crippen molar-refractivity contribution < 1.29 is 23.9 Å². The molecule has 6 nitrogen and oxygen atoms in total. The summed E-state index contributed by atoms with van der Waals surface area (Å²) in [6.45, 7) is 10.8. The van der Waals surface area contributed by atoms with Crippen molar-refractivity contribution in [3.63, 3.8) is 0 Å². The zero-order chi connectivity index (χ0) is 27.0. The smallest absolute Gasteiger partial charge is 0.407 e. The van der Waals surface area contributed by atoms with Crippen LogP contribution in [0.2, 0.25) is 18.1 Å². The van der Waals surface area contributed by atoms with Crippen LogP contribution < -0.4 is 5.32 Å². The Kier molecular flexibility index (Phi) is 10.1. The van der Waals surface area contributed by atoms with Crippen LogP contribution in [-0.4, -0.2) is 44.7 Å². The first-order valence-corrected chi connectivity index (χ1v) is 16.0. The van der Waals surface area contributed by atoms with E-state index in [4.69, 9.17) is 9.16 Å². The summed E-state index contributed by atoms with van der Waals surface area (Å²) in [5.74, 6) is -0.765. The molecular weight excluding hydrogens is 482 g/mol. The number of amides is 1. The van der Waals surface area contributed by atoms with Crippen molar-refractivity contribution in [1.29, 1.82) is 0 Å². The summed E-state index contributed by atoms with van der Waals surface area (Å²) >= 11 is 0. The molecule has 1 atom stereocenters. The molecule has 0 fully saturated rings. The quantitative estimate of drug-likeness (QED) is 0.219. The summed E-state index contributed by atoms with van der Waals surface area (Å²) in [6.07, 6.45) is 1.09. The van der Waals surface area contributed by atoms with Gasteiger partial charge in [-0.2, -0.15) is 0 Å². The maximum atomic E-state index is 12.8. The maximum Gasteiger partial charge on any atom is 0.407 e. The summed E-state index contributed by atoms with van der Waals surface area (Å²) in [5, 5.41) is 12.6. The Morgan fingerprint density at radius 3 is 2.00 bits per heavy atom. The lowest BCUT2D eigenvalue weighted by Gasteiger charge is -2.32. The van der Waals surface area contributed by atoms with Gasteiger partial charge in [0.2, 0.25) is 0 Å². The highest BCUT2D eigenvalue weighted by Gasteiger charge is 2.33. The molecule has 37 heavy (non-hydrogen) atoms. The van der Waals surface area contributed by atoms with E-state index in [-0.39, 0.29) is 25.0 Å². The normalized spacial score (nSPS) is 14.3. The second kappa shape index (κ2) is 13.1. The van der Waals surface area contributed by atoms with Gasteiger partial charge in [0, 0.05) is 18.0 Å². The van der Waals surface area contributed by atoms with E-state index in [1.807, 2.05) is 38.1 Å². The molecule has 0 heterocycles. The van der Waals surface area contributed by atoms with Crippen molar-refractivity contribution in [3.05, 3.63) is 71.3 Å². The number of ether oxygens (including phenoxy) is 1. The van der Waals surface area contributed by atoms with E-state index < -0.39 is 26.5 Å². The number of hydrogen-bond acceptors (Lipinski definition) is 4. The van der Waals surface area contributed by atoms with Crippen LogP contribution in [0, 0.1) is 5.92 Å². The summed E-state index contributed by atoms with van der Waals surface area (Å²) < 4.78 is 12.3. The number of carbonyl (C=O) groups excluding carboxylic acids is 1. The van der Waals surface area contributed by atoms with Gasteiger partial charge in [-0.1, -0.05) is 83.1 Å². The number of fused-ring (bicyclic) bond motifs is 3. The average Bonchev–Trinajstić information content (AvgIpc) is 3.22. The molecule has 0 aliphatic heterocycles. The fraction of sp³-hybridized carbons (Fsp3) is 0.467. The number of rotatable bonds is 13. The van der Waals surface area contributed by atoms with Gasteiger partial charge in [0.1, 0.15) is 6.61 Å². The van der Waals surface area contributed by atoms with Gasteiger partial charge in [-0.25, -0.2) is 9.59 Å². The van der Waals surface area contributed by atoms with E-state index in [2.05, 4.69) is 50.4 Å². The number of carboxylic acids is 1. The monoisotopic (exact) mass is 523 g/mol. The van der Waals surface area contributed by atoms with E-state index in [9.17, 15) is 14.7 Å². The average molecular weight is 524 g/mol. The van der Waals surface area contributed by atoms with Gasteiger partial charge in [0.05, 0.1) is 6.10 Å². The fourth-order valence-electron chi connectivity index (χ4n) is 5.18. The lowest BCUT2D eigenvalue weighted by atomic mass is 9.98. The minimum atomic E-state index is -2.04. The van der Waals surface area contributed by atoms with Gasteiger partial charge in [-0.3, -0.25) is 0 Å². The molecule has 0 spiro atoms. The van der Waals surface area contributed by atoms with Gasteiger partial charge in [-0.05, 0) is 58.8 Å². The molecule has 2 aromatic carbocycles. The highest BCUT2D eigenvalue weighted by Crippen LogP contribution is 2.44. The predicted octanol–water partition coefficient (Wildman–Crippen LogP) is 6.97. The minimum Gasteiger partial charge on any atom is -0.478 e. The molecule has 0 saturated carbocycles. The van der Waals surface area contributed by atoms with Gasteiger partial charge < -0.3 is 19.6 Å². The molecular formula is C30H41NO5Si. The van der Waals surface area contributed by atoms with Crippen molar-refractivity contribution in [1.82, 2.24) is 5.32 Å². The van der Waals surface area contributed by atoms with Crippen molar-refractivity contribution in [2.24, 2.45) is 5.92 Å². The van der Waals surface area contributed by atoms with Crippen LogP contribution in [0.4, 0.5) is 4.79 Å². The van der Waals surface area contributed by atoms with Gasteiger partial charge in [-0.15, -0.1) is 0 Å². The van der Waals surface area contributed by atoms with E-state index >= 15 is 0 Å². The van der Waals surface area contributed by atoms with E-state index in [0.717, 1.165) is 29.3 Å². The summed E-state index contributed by atoms with van der Waals surface area (Å²) in [4.78, 5) is 24.7. The number of nitrogens with one attached hydrogen (secondary N) is 1. The molecule has 200 valence electrons. The Labute approximate surface area is 222 Å². The van der Waals surface area contributed by atoms with Crippen LogP contribution in [0.5, 0.6) is 0 Å². The van der Waals surface area contributed by atoms with Crippen molar-refractivity contribution >= 4 is 20.4 Å². The zero-order valence-corrected chi connectivity index (χ0v) is 23.8. The predicted molar refractivity (Wildman–Crippen MR) is 150 cm³/mol. The number of alkyl carbamates (subject to hydrolysis) is 1. The molecule has 2 aromatic rings. The second-order valence-corrected chi connectivity index (χ2v) is 14.9. The second-order valence-electron chi connectivity index (χ2n) is 10.2. The first-order chi connectivity index (χ1) is 17.7. The molecule has 7 heteroatoms. The first kappa shape index (κ1) is 28.7. The van der Waals surface area contributed by atoms with Gasteiger partial charge in [0.25, 0.3) is 0 Å². The molecule has 0 unspecified atom stereocenters. The molecule has 1 aliphatic carbocycles. The molecule has 1 aliphatic rings. The van der Waals surface area contributed by atoms with Crippen molar-refractivity contribution in [2.75, 3.05) is 13.2 Å². The van der Waals surface area contributed by atoms with Gasteiger partial charge >= 0.3 is 12.1 Å². The third kappa shape index (κ3) is 7.11. The number of benzene rings is 2. The Bertz CT molecular complexity index is 1050. The molecule has 0 bridgehead atoms. The van der Waals surface area contributed by atoms with Crippen LogP contribution >= 0.6 is 0 Å². The first-order valence-electron chi connectivity index (χ1n) is 13.4. The molecule has 0 saturated heterocycles. The standard InChI is InChI=1S/C30H41NO5Si/c1-6-37(7-2,8-3)36-23(18-22(29(32)33)17-21(4)5)19-31-30(34)35-20-28-26-15-11-9-13-24(26)25-14-10-12-16-27(25)28/h9-16,18,21,23,28H,6-8,17,19-20H2,1-5H3,(H,31,34)(H,32,33)/t23-/m0/s1. The van der Waals surface area contributed by atoms with Crippen molar-refractivity contribution in [2.45, 2.75) is 71.2 Å². The highest BCUT2D eigenvalue weighted by atomic mass is 28.4. The molecule has 2 N–H and O–H groups in total. The number of carboxylic acid groups (broad SMARTS) is 1. The van der Waals surface area contributed by atoms with Crippen LogP contribution in [0.3, 0.4) is 0 Å². The molecule has 0 aromatic heterocycles. The van der Waals surface area contributed by atoms with Gasteiger partial charge in [0.15, 0.2) is 8.32 Å². The van der Waals surface area contributed by atoms with Crippen LogP contribution in [0.25, 0.3) is 11.1 Å². The molecule has 0 radical (unpaired) electrons. The minimum absolute atomic E-state index is 0.0184. The molecule has 3 rings (SSSR count). The van der Waals surface area contributed by atoms with Crippen LogP contribution in [-0.2, 0) is 14.0 Å². The number of aliphatic carboxylic acids is 1. The Morgan fingerprint density at radius 2 is 1.51 bits per heavy atom. The Balaban J connectivity index is 1.71. The fourth-order valence-corrected chi connectivity index (χ4v) is 7.97. The molecule has 1 amide bonds. The van der Waals surface area contributed by atoms with E-state index in [1.54, 1.807) is 6.08 Å². The topological polar surface area (TPSA) is 84.9 Å². The lowest BCUT2D eigenvalue weighted by Crippen LogP contribution is -2.44. The summed E-state index contributed by atoms with van der Waals surface area (Å²) in [7, 11) is -2.04. The largest absolute Gasteiger partial charge is 0.478 e. The van der Waals surface area contributed by atoms with Crippen LogP contribution in [0.1, 0.15) is 58.1 Å². The SMILES string of the molecule is CC[Si](CC)(CC)O[C@@H](C=C(CC(C)C)C(=O)O)CNC(=O)OCC1c2ccccc2-c2ccccc21. The Morgan fingerprint density at radius 1 is 0.973 bits per heavy atom. The number of hydrogen-bond donors (Lipinski definition) is 2. The van der Waals surface area contributed by atoms with E-state index in [1.165, 1.54) is 11.1 Å². The van der Waals surface area contributed by atoms with E-state index in [0.29, 0.717) is 12.0 Å². The summed E-state index contributed by atoms with van der Waals surface area (Å²) in [6, 6.07) is 19.2. The lowest BCUT2D eigenvalue weighted by molar-refractivity contribution is -0.133. The number of carbonyl (C=O) groups is 2. The van der Waals surface area contributed by atoms with Crippen LogP contribution in [0.15, 0.2) is 60.2 Å². The van der Waals surface area contributed by atoms with Crippen molar-refractivity contribution in [3.8, 4) is 11.1 Å². The zero-order valence-electron chi connectivity index (χ0n) is 22.8. The Hall–Kier alpha value is -2.90. The third-order valence-electron chi connectivity index (χ3n) is 7.42. The third-order valence-corrected chi connectivity index (χ3v) is 12.1. The summed E-state index contributed by atoms with van der Waals surface area (Å²) in [5.41, 5.74) is 4.99. The highest BCUT2D eigenvalue weighted by molar-refractivity contribution is 6.73.